The third kappa shape index (κ3) is 4.40. The van der Waals surface area contributed by atoms with E-state index in [1.165, 1.54) is 30.6 Å². The van der Waals surface area contributed by atoms with Gasteiger partial charge < -0.3 is 10.1 Å². The van der Waals surface area contributed by atoms with Crippen molar-refractivity contribution >= 4 is 27.1 Å². The molecule has 0 spiro atoms. The maximum Gasteiger partial charge on any atom is 0.251 e. The van der Waals surface area contributed by atoms with E-state index in [0.717, 1.165) is 12.1 Å². The Hall–Kier alpha value is -2.71. The van der Waals surface area contributed by atoms with Crippen LogP contribution >= 0.6 is 11.3 Å². The van der Waals surface area contributed by atoms with Crippen molar-refractivity contribution in [3.63, 3.8) is 0 Å². The Labute approximate surface area is 166 Å². The molecular weight excluding hydrogens is 401 g/mol. The fourth-order valence-electron chi connectivity index (χ4n) is 2.68. The molecule has 3 rings (SSSR count). The molecule has 1 heterocycles. The average Bonchev–Trinajstić information content (AvgIpc) is 3.22. The summed E-state index contributed by atoms with van der Waals surface area (Å²) < 4.78 is 44.5. The third-order valence-corrected chi connectivity index (χ3v) is 7.39. The predicted octanol–water partition coefficient (Wildman–Crippen LogP) is 3.84. The van der Waals surface area contributed by atoms with E-state index in [9.17, 15) is 17.6 Å². The molecule has 2 aromatic carbocycles. The van der Waals surface area contributed by atoms with Crippen LogP contribution in [0.15, 0.2) is 70.9 Å². The lowest BCUT2D eigenvalue weighted by Gasteiger charge is -2.17. The summed E-state index contributed by atoms with van der Waals surface area (Å²) >= 11 is 1.28. The van der Waals surface area contributed by atoms with E-state index < -0.39 is 26.8 Å². The summed E-state index contributed by atoms with van der Waals surface area (Å²) in [5, 5.41) is 3.48. The van der Waals surface area contributed by atoms with Crippen molar-refractivity contribution in [2.24, 2.45) is 0 Å². The second-order valence-corrected chi connectivity index (χ2v) is 9.05. The van der Waals surface area contributed by atoms with E-state index in [4.69, 9.17) is 4.74 Å². The Morgan fingerprint density at radius 3 is 2.54 bits per heavy atom. The number of carbonyl (C=O) groups excluding carboxylic acids is 1. The van der Waals surface area contributed by atoms with Gasteiger partial charge in [0.1, 0.15) is 16.8 Å². The number of hydrogen-bond donors (Lipinski definition) is 1. The van der Waals surface area contributed by atoms with Crippen LogP contribution in [0.3, 0.4) is 0 Å². The van der Waals surface area contributed by atoms with Gasteiger partial charge in [-0.15, -0.1) is 11.3 Å². The van der Waals surface area contributed by atoms with Gasteiger partial charge in [0.05, 0.1) is 12.0 Å². The molecule has 0 radical (unpaired) electrons. The molecule has 0 bridgehead atoms. The highest BCUT2D eigenvalue weighted by Gasteiger charge is 2.30. The minimum atomic E-state index is -3.83. The minimum absolute atomic E-state index is 0.00271. The lowest BCUT2D eigenvalue weighted by molar-refractivity contribution is 0.0953. The molecule has 0 unspecified atom stereocenters. The van der Waals surface area contributed by atoms with Crippen LogP contribution in [-0.4, -0.2) is 28.0 Å². The Morgan fingerprint density at radius 1 is 1.14 bits per heavy atom. The molecule has 0 fully saturated rings. The van der Waals surface area contributed by atoms with Gasteiger partial charge in [0.25, 0.3) is 5.91 Å². The summed E-state index contributed by atoms with van der Waals surface area (Å²) in [7, 11) is -2.33. The van der Waals surface area contributed by atoms with E-state index >= 15 is 0 Å². The van der Waals surface area contributed by atoms with Crippen molar-refractivity contribution in [3.8, 4) is 5.75 Å². The number of nitrogens with one attached hydrogen (secondary N) is 1. The molecule has 8 heteroatoms. The fourth-order valence-corrected chi connectivity index (χ4v) is 5.46. The number of rotatable bonds is 7. The highest BCUT2D eigenvalue weighted by molar-refractivity contribution is 7.91. The summed E-state index contributed by atoms with van der Waals surface area (Å²) in [6, 6.07) is 14.7. The number of carbonyl (C=O) groups is 1. The van der Waals surface area contributed by atoms with Gasteiger partial charge >= 0.3 is 0 Å². The van der Waals surface area contributed by atoms with E-state index in [1.807, 2.05) is 0 Å². The van der Waals surface area contributed by atoms with Gasteiger partial charge in [0, 0.05) is 17.0 Å². The molecule has 28 heavy (non-hydrogen) atoms. The van der Waals surface area contributed by atoms with Crippen molar-refractivity contribution < 1.29 is 22.3 Å². The van der Waals surface area contributed by atoms with Gasteiger partial charge in [-0.25, -0.2) is 12.8 Å². The van der Waals surface area contributed by atoms with Crippen LogP contribution in [-0.2, 0) is 9.84 Å². The Balaban J connectivity index is 1.85. The van der Waals surface area contributed by atoms with Gasteiger partial charge in [-0.1, -0.05) is 12.1 Å². The number of halogens is 1. The number of amides is 1. The van der Waals surface area contributed by atoms with Gasteiger partial charge in [-0.3, -0.25) is 4.79 Å². The standard InChI is InChI=1S/C20H18FNO4S2/c1-26-16-5-2-4-14(12-16)20(23)22-13-19(18-6-3-11-27-18)28(24,25)17-9-7-15(21)8-10-17/h2-12,19H,13H2,1H3,(H,22,23)/t19-/m1/s1. The molecule has 0 saturated heterocycles. The van der Waals surface area contributed by atoms with Crippen LogP contribution in [0.25, 0.3) is 0 Å². The first kappa shape index (κ1) is 20.0. The topological polar surface area (TPSA) is 72.5 Å². The molecule has 146 valence electrons. The van der Waals surface area contributed by atoms with Crippen molar-refractivity contribution in [1.82, 2.24) is 5.32 Å². The maximum atomic E-state index is 13.2. The van der Waals surface area contributed by atoms with Crippen molar-refractivity contribution in [2.45, 2.75) is 10.1 Å². The predicted molar refractivity (Wildman–Crippen MR) is 106 cm³/mol. The lowest BCUT2D eigenvalue weighted by atomic mass is 10.2. The number of ether oxygens (including phenoxy) is 1. The molecule has 1 aromatic heterocycles. The Kier molecular flexibility index (Phi) is 6.11. The summed E-state index contributed by atoms with van der Waals surface area (Å²) in [6.45, 7) is -0.115. The summed E-state index contributed by atoms with van der Waals surface area (Å²) in [5.41, 5.74) is 0.364. The van der Waals surface area contributed by atoms with E-state index in [0.29, 0.717) is 16.2 Å². The summed E-state index contributed by atoms with van der Waals surface area (Å²) in [6.07, 6.45) is 0. The van der Waals surface area contributed by atoms with Crippen molar-refractivity contribution in [1.29, 1.82) is 0 Å². The van der Waals surface area contributed by atoms with Gasteiger partial charge in [0.15, 0.2) is 9.84 Å². The average molecular weight is 419 g/mol. The molecule has 1 amide bonds. The van der Waals surface area contributed by atoms with Crippen molar-refractivity contribution in [2.75, 3.05) is 13.7 Å². The summed E-state index contributed by atoms with van der Waals surface area (Å²) in [5.74, 6) is -0.394. The van der Waals surface area contributed by atoms with Crippen LogP contribution in [0, 0.1) is 5.82 Å². The lowest BCUT2D eigenvalue weighted by Crippen LogP contribution is -2.31. The fraction of sp³-hybridized carbons (Fsp3) is 0.150. The molecule has 0 saturated carbocycles. The van der Waals surface area contributed by atoms with E-state index in [-0.39, 0.29) is 11.4 Å². The first-order valence-corrected chi connectivity index (χ1v) is 10.8. The number of methoxy groups -OCH3 is 1. The zero-order valence-corrected chi connectivity index (χ0v) is 16.6. The molecule has 3 aromatic rings. The molecule has 0 aliphatic heterocycles. The monoisotopic (exact) mass is 419 g/mol. The van der Waals surface area contributed by atoms with E-state index in [1.54, 1.807) is 41.8 Å². The molecule has 0 aliphatic rings. The first-order chi connectivity index (χ1) is 13.4. The number of benzene rings is 2. The zero-order chi connectivity index (χ0) is 20.1. The molecule has 1 atom stereocenters. The number of hydrogen-bond acceptors (Lipinski definition) is 5. The van der Waals surface area contributed by atoms with Crippen LogP contribution in [0.4, 0.5) is 4.39 Å². The summed E-state index contributed by atoms with van der Waals surface area (Å²) in [4.78, 5) is 13.1. The number of sulfone groups is 1. The number of thiophene rings is 1. The van der Waals surface area contributed by atoms with Gasteiger partial charge in [-0.2, -0.15) is 0 Å². The van der Waals surface area contributed by atoms with Crippen LogP contribution in [0.1, 0.15) is 20.5 Å². The highest BCUT2D eigenvalue weighted by Crippen LogP contribution is 2.31. The second-order valence-electron chi connectivity index (χ2n) is 5.94. The zero-order valence-electron chi connectivity index (χ0n) is 15.0. The van der Waals surface area contributed by atoms with Crippen LogP contribution in [0.5, 0.6) is 5.75 Å². The molecule has 0 aliphatic carbocycles. The minimum Gasteiger partial charge on any atom is -0.497 e. The van der Waals surface area contributed by atoms with Gasteiger partial charge in [0.2, 0.25) is 0 Å². The highest BCUT2D eigenvalue weighted by atomic mass is 32.2. The SMILES string of the molecule is COc1cccc(C(=O)NC[C@H](c2cccs2)S(=O)(=O)c2ccc(F)cc2)c1. The normalized spacial score (nSPS) is 12.4. The van der Waals surface area contributed by atoms with Gasteiger partial charge in [-0.05, 0) is 53.9 Å². The smallest absolute Gasteiger partial charge is 0.251 e. The first-order valence-electron chi connectivity index (χ1n) is 8.37. The van der Waals surface area contributed by atoms with Crippen LogP contribution < -0.4 is 10.1 Å². The molecule has 1 N–H and O–H groups in total. The van der Waals surface area contributed by atoms with Crippen LogP contribution in [0.2, 0.25) is 0 Å². The molecular formula is C20H18FNO4S2. The maximum absolute atomic E-state index is 13.2. The Bertz CT molecular complexity index is 1050. The quantitative estimate of drug-likeness (QED) is 0.591. The Morgan fingerprint density at radius 2 is 1.89 bits per heavy atom. The largest absolute Gasteiger partial charge is 0.497 e. The second kappa shape index (κ2) is 8.53. The third-order valence-electron chi connectivity index (χ3n) is 4.16. The van der Waals surface area contributed by atoms with E-state index in [2.05, 4.69) is 5.32 Å². The van der Waals surface area contributed by atoms with Crippen molar-refractivity contribution in [3.05, 3.63) is 82.3 Å². The molecule has 5 nitrogen and oxygen atoms in total.